The van der Waals surface area contributed by atoms with Crippen molar-refractivity contribution in [3.05, 3.63) is 87.8 Å². The van der Waals surface area contributed by atoms with Crippen LogP contribution < -0.4 is 10.3 Å². The second kappa shape index (κ2) is 9.73. The van der Waals surface area contributed by atoms with Gasteiger partial charge in [0.05, 0.1) is 5.69 Å². The topological polar surface area (TPSA) is 96.7 Å². The Morgan fingerprint density at radius 3 is 2.42 bits per heavy atom. The molecule has 4 rings (SSSR count). The van der Waals surface area contributed by atoms with E-state index in [9.17, 15) is 14.7 Å². The summed E-state index contributed by atoms with van der Waals surface area (Å²) in [5, 5.41) is 12.3. The minimum Gasteiger partial charge on any atom is -0.489 e. The van der Waals surface area contributed by atoms with Crippen molar-refractivity contribution in [1.82, 2.24) is 14.6 Å². The molecule has 2 aromatic carbocycles. The third-order valence-electron chi connectivity index (χ3n) is 6.01. The van der Waals surface area contributed by atoms with E-state index in [2.05, 4.69) is 23.9 Å². The molecule has 2 heterocycles. The molecule has 2 N–H and O–H groups in total. The SMILES string of the molecule is CCC(CC)Cc1c(-c2ccc(OCc3ccccc3)cc2)nc2c(C(=O)O)c[nH]n2c1=O. The Hall–Kier alpha value is -3.87. The number of ether oxygens (including phenoxy) is 1. The molecule has 0 unspecified atom stereocenters. The summed E-state index contributed by atoms with van der Waals surface area (Å²) in [5.74, 6) is -0.0995. The van der Waals surface area contributed by atoms with Crippen LogP contribution in [0.5, 0.6) is 5.75 Å². The molecular weight excluding hydrogens is 418 g/mol. The van der Waals surface area contributed by atoms with Crippen LogP contribution in [0.3, 0.4) is 0 Å². The molecule has 2 aromatic heterocycles. The first-order valence-corrected chi connectivity index (χ1v) is 11.1. The summed E-state index contributed by atoms with van der Waals surface area (Å²) in [5.41, 5.74) is 2.73. The summed E-state index contributed by atoms with van der Waals surface area (Å²) in [4.78, 5) is 29.6. The van der Waals surface area contributed by atoms with Crippen molar-refractivity contribution in [2.45, 2.75) is 39.7 Å². The molecule has 7 heteroatoms. The summed E-state index contributed by atoms with van der Waals surface area (Å²) < 4.78 is 7.10. The van der Waals surface area contributed by atoms with Gasteiger partial charge in [0.25, 0.3) is 5.56 Å². The molecule has 170 valence electrons. The highest BCUT2D eigenvalue weighted by Gasteiger charge is 2.21. The largest absolute Gasteiger partial charge is 0.489 e. The summed E-state index contributed by atoms with van der Waals surface area (Å²) in [6.07, 6.45) is 3.76. The second-order valence-electron chi connectivity index (χ2n) is 8.08. The van der Waals surface area contributed by atoms with Crippen LogP contribution in [0.1, 0.15) is 48.2 Å². The van der Waals surface area contributed by atoms with Crippen LogP contribution >= 0.6 is 0 Å². The molecule has 0 aliphatic heterocycles. The van der Waals surface area contributed by atoms with Gasteiger partial charge in [0.2, 0.25) is 0 Å². The Balaban J connectivity index is 1.73. The number of H-pyrrole nitrogens is 1. The average Bonchev–Trinajstić information content (AvgIpc) is 3.28. The molecular formula is C26H27N3O4. The molecule has 0 fully saturated rings. The molecule has 4 aromatic rings. The first kappa shape index (κ1) is 22.3. The van der Waals surface area contributed by atoms with Gasteiger partial charge in [0.1, 0.15) is 17.9 Å². The number of nitrogens with zero attached hydrogens (tertiary/aromatic N) is 2. The van der Waals surface area contributed by atoms with E-state index in [1.165, 1.54) is 10.7 Å². The van der Waals surface area contributed by atoms with E-state index < -0.39 is 5.97 Å². The molecule has 0 aliphatic rings. The van der Waals surface area contributed by atoms with Gasteiger partial charge in [-0.3, -0.25) is 9.89 Å². The molecule has 0 radical (unpaired) electrons. The number of aromatic nitrogens is 3. The zero-order valence-corrected chi connectivity index (χ0v) is 18.7. The lowest BCUT2D eigenvalue weighted by Gasteiger charge is -2.15. The summed E-state index contributed by atoms with van der Waals surface area (Å²) in [6, 6.07) is 17.3. The van der Waals surface area contributed by atoms with Crippen molar-refractivity contribution in [2.24, 2.45) is 5.92 Å². The molecule has 7 nitrogen and oxygen atoms in total. The molecule has 0 spiro atoms. The number of aromatic carboxylic acids is 1. The minimum absolute atomic E-state index is 0.0368. The third kappa shape index (κ3) is 4.67. The van der Waals surface area contributed by atoms with Crippen molar-refractivity contribution in [3.8, 4) is 17.0 Å². The van der Waals surface area contributed by atoms with E-state index in [1.807, 2.05) is 54.6 Å². The fourth-order valence-electron chi connectivity index (χ4n) is 3.95. The van der Waals surface area contributed by atoms with E-state index in [0.717, 1.165) is 24.0 Å². The summed E-state index contributed by atoms with van der Waals surface area (Å²) >= 11 is 0. The van der Waals surface area contributed by atoms with E-state index in [1.54, 1.807) is 0 Å². The fourth-order valence-corrected chi connectivity index (χ4v) is 3.95. The molecule has 0 saturated carbocycles. The first-order chi connectivity index (χ1) is 16.0. The van der Waals surface area contributed by atoms with Crippen molar-refractivity contribution < 1.29 is 14.6 Å². The zero-order chi connectivity index (χ0) is 23.4. The van der Waals surface area contributed by atoms with Crippen molar-refractivity contribution >= 4 is 11.6 Å². The van der Waals surface area contributed by atoms with Crippen LogP contribution in [0.4, 0.5) is 0 Å². The quantitative estimate of drug-likeness (QED) is 0.380. The van der Waals surface area contributed by atoms with E-state index in [4.69, 9.17) is 4.74 Å². The maximum absolute atomic E-state index is 13.3. The van der Waals surface area contributed by atoms with E-state index in [0.29, 0.717) is 36.0 Å². The number of rotatable bonds is 9. The third-order valence-corrected chi connectivity index (χ3v) is 6.01. The number of benzene rings is 2. The highest BCUT2D eigenvalue weighted by Crippen LogP contribution is 2.27. The Morgan fingerprint density at radius 1 is 1.09 bits per heavy atom. The number of hydrogen-bond acceptors (Lipinski definition) is 4. The number of fused-ring (bicyclic) bond motifs is 1. The van der Waals surface area contributed by atoms with E-state index >= 15 is 0 Å². The van der Waals surface area contributed by atoms with Crippen molar-refractivity contribution in [2.75, 3.05) is 0 Å². The van der Waals surface area contributed by atoms with Gasteiger partial charge >= 0.3 is 5.97 Å². The second-order valence-corrected chi connectivity index (χ2v) is 8.08. The predicted octanol–water partition coefficient (Wildman–Crippen LogP) is 4.95. The fraction of sp³-hybridized carbons (Fsp3) is 0.269. The maximum Gasteiger partial charge on any atom is 0.341 e. The first-order valence-electron chi connectivity index (χ1n) is 11.1. The lowest BCUT2D eigenvalue weighted by atomic mass is 9.92. The van der Waals surface area contributed by atoms with Gasteiger partial charge in [0, 0.05) is 17.3 Å². The van der Waals surface area contributed by atoms with Crippen LogP contribution in [-0.2, 0) is 13.0 Å². The molecule has 0 aliphatic carbocycles. The molecule has 0 atom stereocenters. The number of nitrogens with one attached hydrogen (secondary N) is 1. The maximum atomic E-state index is 13.3. The Morgan fingerprint density at radius 2 is 1.79 bits per heavy atom. The lowest BCUT2D eigenvalue weighted by molar-refractivity contribution is 0.0698. The zero-order valence-electron chi connectivity index (χ0n) is 18.7. The van der Waals surface area contributed by atoms with Gasteiger partial charge < -0.3 is 9.84 Å². The van der Waals surface area contributed by atoms with Gasteiger partial charge in [-0.2, -0.15) is 0 Å². The highest BCUT2D eigenvalue weighted by atomic mass is 16.5. The average molecular weight is 446 g/mol. The number of hydrogen-bond donors (Lipinski definition) is 2. The van der Waals surface area contributed by atoms with Crippen LogP contribution in [0.15, 0.2) is 65.6 Å². The van der Waals surface area contributed by atoms with Crippen LogP contribution in [0, 0.1) is 5.92 Å². The smallest absolute Gasteiger partial charge is 0.341 e. The minimum atomic E-state index is -1.14. The highest BCUT2D eigenvalue weighted by molar-refractivity contribution is 5.94. The molecule has 33 heavy (non-hydrogen) atoms. The van der Waals surface area contributed by atoms with Crippen LogP contribution in [0.25, 0.3) is 16.9 Å². The van der Waals surface area contributed by atoms with Crippen LogP contribution in [-0.4, -0.2) is 25.7 Å². The van der Waals surface area contributed by atoms with Crippen LogP contribution in [0.2, 0.25) is 0 Å². The standard InChI is InChI=1S/C26H27N3O4/c1-3-17(4-2)14-21-23(28-24-22(26(31)32)15-27-29(24)25(21)30)19-10-12-20(13-11-19)33-16-18-8-6-5-7-9-18/h5-13,15,17,27H,3-4,14,16H2,1-2H3,(H,31,32). The van der Waals surface area contributed by atoms with E-state index in [-0.39, 0.29) is 16.8 Å². The normalized spacial score (nSPS) is 11.2. The van der Waals surface area contributed by atoms with Gasteiger partial charge in [-0.1, -0.05) is 57.0 Å². The van der Waals surface area contributed by atoms with Gasteiger partial charge in [-0.15, -0.1) is 0 Å². The Kier molecular flexibility index (Phi) is 6.58. The van der Waals surface area contributed by atoms with Gasteiger partial charge in [-0.05, 0) is 42.2 Å². The molecule has 0 amide bonds. The molecule has 0 saturated heterocycles. The number of aromatic amines is 1. The van der Waals surface area contributed by atoms with Crippen molar-refractivity contribution in [1.29, 1.82) is 0 Å². The lowest BCUT2D eigenvalue weighted by Crippen LogP contribution is -2.24. The van der Waals surface area contributed by atoms with Gasteiger partial charge in [0.15, 0.2) is 5.65 Å². The summed E-state index contributed by atoms with van der Waals surface area (Å²) in [7, 11) is 0. The Bertz CT molecular complexity index is 1300. The van der Waals surface area contributed by atoms with Gasteiger partial charge in [-0.25, -0.2) is 14.3 Å². The predicted molar refractivity (Wildman–Crippen MR) is 127 cm³/mol. The number of carboxylic acid groups (broad SMARTS) is 1. The monoisotopic (exact) mass is 445 g/mol. The summed E-state index contributed by atoms with van der Waals surface area (Å²) in [6.45, 7) is 4.66. The number of carboxylic acids is 1. The Labute approximate surface area is 191 Å². The number of carbonyl (C=O) groups is 1. The van der Waals surface area contributed by atoms with Crippen molar-refractivity contribution in [3.63, 3.8) is 0 Å². The molecule has 0 bridgehead atoms.